The van der Waals surface area contributed by atoms with Crippen LogP contribution in [0.5, 0.6) is 0 Å². The highest BCUT2D eigenvalue weighted by atomic mass is 16.5. The van der Waals surface area contributed by atoms with Crippen LogP contribution in [-0.4, -0.2) is 36.5 Å². The number of hydrogen-bond acceptors (Lipinski definition) is 3. The topological polar surface area (TPSA) is 46.6 Å². The Morgan fingerprint density at radius 3 is 2.39 bits per heavy atom. The summed E-state index contributed by atoms with van der Waals surface area (Å²) in [6, 6.07) is 0.398. The summed E-state index contributed by atoms with van der Waals surface area (Å²) in [6.07, 6.45) is 6.65. The van der Waals surface area contributed by atoms with Crippen LogP contribution in [0.3, 0.4) is 0 Å². The smallest absolute Gasteiger partial charge is 0.309 e. The maximum atomic E-state index is 12.4. The van der Waals surface area contributed by atoms with E-state index in [4.69, 9.17) is 4.74 Å². The molecule has 0 spiro atoms. The molecule has 2 atom stereocenters. The summed E-state index contributed by atoms with van der Waals surface area (Å²) in [5, 5.41) is 0. The highest BCUT2D eigenvalue weighted by Crippen LogP contribution is 2.41. The highest BCUT2D eigenvalue weighted by molar-refractivity contribution is 5.90. The number of hydrogen-bond donors (Lipinski definition) is 0. The molecule has 102 valence electrons. The minimum absolute atomic E-state index is 0.112. The van der Waals surface area contributed by atoms with E-state index in [1.807, 2.05) is 11.8 Å². The zero-order valence-electron chi connectivity index (χ0n) is 11.4. The van der Waals surface area contributed by atoms with E-state index in [2.05, 4.69) is 0 Å². The SMILES string of the molecule is CCN(C(=O)C1CC1C(=O)OC)C1CCCCC1. The molecule has 2 fully saturated rings. The number of nitrogens with zero attached hydrogens (tertiary/aromatic N) is 1. The zero-order chi connectivity index (χ0) is 13.1. The Bertz CT molecular complexity index is 323. The largest absolute Gasteiger partial charge is 0.469 e. The summed E-state index contributed by atoms with van der Waals surface area (Å²) in [7, 11) is 1.39. The van der Waals surface area contributed by atoms with Gasteiger partial charge >= 0.3 is 5.97 Å². The first-order valence-electron chi connectivity index (χ1n) is 7.07. The first-order valence-corrected chi connectivity index (χ1v) is 7.07. The summed E-state index contributed by atoms with van der Waals surface area (Å²) >= 11 is 0. The second kappa shape index (κ2) is 5.72. The lowest BCUT2D eigenvalue weighted by molar-refractivity contribution is -0.145. The van der Waals surface area contributed by atoms with Crippen LogP contribution in [0, 0.1) is 11.8 Å². The van der Waals surface area contributed by atoms with Crippen molar-refractivity contribution in [1.82, 2.24) is 4.90 Å². The van der Waals surface area contributed by atoms with E-state index >= 15 is 0 Å². The van der Waals surface area contributed by atoms with Crippen LogP contribution in [0.25, 0.3) is 0 Å². The monoisotopic (exact) mass is 253 g/mol. The number of carbonyl (C=O) groups excluding carboxylic acids is 2. The fraction of sp³-hybridized carbons (Fsp3) is 0.857. The van der Waals surface area contributed by atoms with Gasteiger partial charge in [0.1, 0.15) is 0 Å². The predicted molar refractivity (Wildman–Crippen MR) is 67.9 cm³/mol. The Hall–Kier alpha value is -1.06. The lowest BCUT2D eigenvalue weighted by Crippen LogP contribution is -2.42. The van der Waals surface area contributed by atoms with Gasteiger partial charge in [-0.25, -0.2) is 0 Å². The van der Waals surface area contributed by atoms with Crippen molar-refractivity contribution >= 4 is 11.9 Å². The molecule has 0 radical (unpaired) electrons. The van der Waals surface area contributed by atoms with Crippen LogP contribution in [-0.2, 0) is 14.3 Å². The minimum atomic E-state index is -0.229. The minimum Gasteiger partial charge on any atom is -0.469 e. The van der Waals surface area contributed by atoms with Crippen molar-refractivity contribution in [2.24, 2.45) is 11.8 Å². The van der Waals surface area contributed by atoms with Gasteiger partial charge in [-0.2, -0.15) is 0 Å². The van der Waals surface area contributed by atoms with Gasteiger partial charge in [-0.1, -0.05) is 19.3 Å². The van der Waals surface area contributed by atoms with Crippen molar-refractivity contribution in [3.8, 4) is 0 Å². The highest BCUT2D eigenvalue weighted by Gasteiger charge is 2.50. The van der Waals surface area contributed by atoms with Gasteiger partial charge < -0.3 is 9.64 Å². The lowest BCUT2D eigenvalue weighted by atomic mass is 9.94. The molecule has 0 bridgehead atoms. The van der Waals surface area contributed by atoms with Gasteiger partial charge in [0, 0.05) is 12.6 Å². The van der Waals surface area contributed by atoms with Crippen molar-refractivity contribution in [2.45, 2.75) is 51.5 Å². The molecule has 0 aromatic rings. The molecule has 0 saturated heterocycles. The summed E-state index contributed by atoms with van der Waals surface area (Å²) in [6.45, 7) is 2.79. The molecule has 2 aliphatic rings. The number of ether oxygens (including phenoxy) is 1. The average molecular weight is 253 g/mol. The normalized spacial score (nSPS) is 27.7. The molecule has 0 aliphatic heterocycles. The van der Waals surface area contributed by atoms with Gasteiger partial charge in [0.2, 0.25) is 5.91 Å². The van der Waals surface area contributed by atoms with Crippen LogP contribution < -0.4 is 0 Å². The third kappa shape index (κ3) is 2.68. The van der Waals surface area contributed by atoms with Gasteiger partial charge in [0.05, 0.1) is 18.9 Å². The molecule has 18 heavy (non-hydrogen) atoms. The number of esters is 1. The maximum absolute atomic E-state index is 12.4. The van der Waals surface area contributed by atoms with E-state index in [0.717, 1.165) is 19.4 Å². The van der Waals surface area contributed by atoms with E-state index in [1.54, 1.807) is 0 Å². The molecular formula is C14H23NO3. The molecular weight excluding hydrogens is 230 g/mol. The third-order valence-corrected chi connectivity index (χ3v) is 4.25. The Labute approximate surface area is 109 Å². The van der Waals surface area contributed by atoms with Gasteiger partial charge in [-0.05, 0) is 26.2 Å². The van der Waals surface area contributed by atoms with Gasteiger partial charge in [-0.3, -0.25) is 9.59 Å². The predicted octanol–water partition coefficient (Wildman–Crippen LogP) is 1.98. The third-order valence-electron chi connectivity index (χ3n) is 4.25. The molecule has 0 N–H and O–H groups in total. The van der Waals surface area contributed by atoms with Crippen molar-refractivity contribution in [1.29, 1.82) is 0 Å². The first kappa shape index (κ1) is 13.4. The molecule has 0 heterocycles. The molecule has 2 saturated carbocycles. The van der Waals surface area contributed by atoms with Gasteiger partial charge in [-0.15, -0.1) is 0 Å². The lowest BCUT2D eigenvalue weighted by Gasteiger charge is -2.33. The van der Waals surface area contributed by atoms with Crippen LogP contribution in [0.1, 0.15) is 45.4 Å². The standard InChI is InChI=1S/C14H23NO3/c1-3-15(10-7-5-4-6-8-10)13(16)11-9-12(11)14(17)18-2/h10-12H,3-9H2,1-2H3. The zero-order valence-corrected chi connectivity index (χ0v) is 11.4. The average Bonchev–Trinajstić information content (AvgIpc) is 3.20. The van der Waals surface area contributed by atoms with Gasteiger partial charge in [0.15, 0.2) is 0 Å². The number of methoxy groups -OCH3 is 1. The van der Waals surface area contributed by atoms with Crippen LogP contribution in [0.4, 0.5) is 0 Å². The molecule has 2 rings (SSSR count). The van der Waals surface area contributed by atoms with Crippen molar-refractivity contribution < 1.29 is 14.3 Å². The van der Waals surface area contributed by atoms with E-state index in [1.165, 1.54) is 26.4 Å². The van der Waals surface area contributed by atoms with Gasteiger partial charge in [0.25, 0.3) is 0 Å². The summed E-state index contributed by atoms with van der Waals surface area (Å²) in [4.78, 5) is 25.8. The molecule has 4 nitrogen and oxygen atoms in total. The van der Waals surface area contributed by atoms with E-state index in [0.29, 0.717) is 12.5 Å². The second-order valence-corrected chi connectivity index (χ2v) is 5.39. The molecule has 4 heteroatoms. The second-order valence-electron chi connectivity index (χ2n) is 5.39. The Kier molecular flexibility index (Phi) is 4.25. The van der Waals surface area contributed by atoms with E-state index < -0.39 is 0 Å². The molecule has 2 aliphatic carbocycles. The van der Waals surface area contributed by atoms with Crippen molar-refractivity contribution in [2.75, 3.05) is 13.7 Å². The molecule has 0 aromatic heterocycles. The molecule has 1 amide bonds. The molecule has 2 unspecified atom stereocenters. The Balaban J connectivity index is 1.92. The Morgan fingerprint density at radius 1 is 1.17 bits per heavy atom. The van der Waals surface area contributed by atoms with Crippen LogP contribution in [0.15, 0.2) is 0 Å². The summed E-state index contributed by atoms with van der Waals surface area (Å²) in [5.74, 6) is -0.354. The fourth-order valence-corrected chi connectivity index (χ4v) is 3.08. The van der Waals surface area contributed by atoms with Crippen molar-refractivity contribution in [3.05, 3.63) is 0 Å². The number of amides is 1. The number of carbonyl (C=O) groups is 2. The van der Waals surface area contributed by atoms with E-state index in [-0.39, 0.29) is 23.7 Å². The van der Waals surface area contributed by atoms with Crippen LogP contribution in [0.2, 0.25) is 0 Å². The van der Waals surface area contributed by atoms with Crippen LogP contribution >= 0.6 is 0 Å². The quantitative estimate of drug-likeness (QED) is 0.720. The molecule has 0 aromatic carbocycles. The summed E-state index contributed by atoms with van der Waals surface area (Å²) < 4.78 is 4.70. The Morgan fingerprint density at radius 2 is 1.83 bits per heavy atom. The summed E-state index contributed by atoms with van der Waals surface area (Å²) in [5.41, 5.74) is 0. The maximum Gasteiger partial charge on any atom is 0.309 e. The van der Waals surface area contributed by atoms with Crippen molar-refractivity contribution in [3.63, 3.8) is 0 Å². The fourth-order valence-electron chi connectivity index (χ4n) is 3.08. The van der Waals surface area contributed by atoms with E-state index in [9.17, 15) is 9.59 Å². The number of rotatable bonds is 4. The first-order chi connectivity index (χ1) is 8.69.